The number of carbonyl (C=O) groups is 2. The molecule has 0 bridgehead atoms. The lowest BCUT2D eigenvalue weighted by molar-refractivity contribution is -0.128. The van der Waals surface area contributed by atoms with Crippen molar-refractivity contribution >= 4 is 28.5 Å². The van der Waals surface area contributed by atoms with Crippen LogP contribution in [0.1, 0.15) is 32.4 Å². The van der Waals surface area contributed by atoms with Gasteiger partial charge in [-0.2, -0.15) is 0 Å². The van der Waals surface area contributed by atoms with Crippen molar-refractivity contribution in [2.45, 2.75) is 38.9 Å². The van der Waals surface area contributed by atoms with Crippen LogP contribution in [0.5, 0.6) is 17.2 Å². The number of nitrogens with one attached hydrogen (secondary N) is 1. The molecule has 0 saturated carbocycles. The van der Waals surface area contributed by atoms with Crippen LogP contribution in [0.15, 0.2) is 66.7 Å². The number of rotatable bonds is 9. The highest BCUT2D eigenvalue weighted by atomic mass is 16.5. The van der Waals surface area contributed by atoms with Gasteiger partial charge in [0.15, 0.2) is 11.5 Å². The van der Waals surface area contributed by atoms with Gasteiger partial charge in [-0.15, -0.1) is 5.10 Å². The second kappa shape index (κ2) is 11.4. The van der Waals surface area contributed by atoms with Gasteiger partial charge in [0.2, 0.25) is 11.8 Å². The Labute approximate surface area is 227 Å². The number of carbonyl (C=O) groups excluding carboxylic acids is 2. The summed E-state index contributed by atoms with van der Waals surface area (Å²) in [6.07, 6.45) is 0. The molecule has 10 nitrogen and oxygen atoms in total. The van der Waals surface area contributed by atoms with Gasteiger partial charge in [0, 0.05) is 16.8 Å². The SMILES string of the molecule is COc1ccc(N(C(=O)Cn2nnc3ccccc32)C(C(=O)NC(C)(C)C)c2cccc(OC)c2OC)cc1. The summed E-state index contributed by atoms with van der Waals surface area (Å²) < 4.78 is 18.1. The first-order valence-corrected chi connectivity index (χ1v) is 12.4. The molecular weight excluding hydrogens is 498 g/mol. The molecule has 204 valence electrons. The second-order valence-electron chi connectivity index (χ2n) is 9.92. The first-order chi connectivity index (χ1) is 18.7. The van der Waals surface area contributed by atoms with Gasteiger partial charge >= 0.3 is 0 Å². The van der Waals surface area contributed by atoms with Gasteiger partial charge in [-0.1, -0.05) is 29.5 Å². The number of para-hydroxylation sites is 2. The van der Waals surface area contributed by atoms with Crippen molar-refractivity contribution in [3.8, 4) is 17.2 Å². The zero-order valence-corrected chi connectivity index (χ0v) is 23.0. The Kier molecular flexibility index (Phi) is 8.04. The van der Waals surface area contributed by atoms with Crippen molar-refractivity contribution in [3.05, 3.63) is 72.3 Å². The average Bonchev–Trinajstić information content (AvgIpc) is 3.32. The van der Waals surface area contributed by atoms with Crippen LogP contribution in [0, 0.1) is 0 Å². The first kappa shape index (κ1) is 27.4. The predicted molar refractivity (Wildman–Crippen MR) is 148 cm³/mol. The lowest BCUT2D eigenvalue weighted by atomic mass is 9.99. The third kappa shape index (κ3) is 5.95. The zero-order chi connectivity index (χ0) is 28.2. The average molecular weight is 532 g/mol. The molecule has 1 heterocycles. The van der Waals surface area contributed by atoms with Crippen LogP contribution in [-0.2, 0) is 16.1 Å². The number of anilines is 1. The molecule has 2 amide bonds. The fraction of sp³-hybridized carbons (Fsp3) is 0.310. The Morgan fingerprint density at radius 2 is 1.64 bits per heavy atom. The minimum Gasteiger partial charge on any atom is -0.497 e. The maximum Gasteiger partial charge on any atom is 0.249 e. The molecule has 39 heavy (non-hydrogen) atoms. The summed E-state index contributed by atoms with van der Waals surface area (Å²) in [5, 5.41) is 11.4. The van der Waals surface area contributed by atoms with Crippen molar-refractivity contribution < 1.29 is 23.8 Å². The van der Waals surface area contributed by atoms with Crippen LogP contribution in [0.25, 0.3) is 11.0 Å². The number of fused-ring (bicyclic) bond motifs is 1. The van der Waals surface area contributed by atoms with E-state index in [-0.39, 0.29) is 18.4 Å². The number of ether oxygens (including phenoxy) is 3. The van der Waals surface area contributed by atoms with E-state index in [2.05, 4.69) is 15.6 Å². The predicted octanol–water partition coefficient (Wildman–Crippen LogP) is 4.15. The van der Waals surface area contributed by atoms with Crippen LogP contribution in [0.2, 0.25) is 0 Å². The van der Waals surface area contributed by atoms with Crippen LogP contribution in [0.3, 0.4) is 0 Å². The minimum absolute atomic E-state index is 0.155. The van der Waals surface area contributed by atoms with Crippen molar-refractivity contribution in [1.82, 2.24) is 20.3 Å². The molecule has 0 aliphatic heterocycles. The summed E-state index contributed by atoms with van der Waals surface area (Å²) in [5.41, 5.74) is 1.75. The third-order valence-electron chi connectivity index (χ3n) is 6.06. The van der Waals surface area contributed by atoms with Crippen molar-refractivity contribution in [2.75, 3.05) is 26.2 Å². The van der Waals surface area contributed by atoms with Gasteiger partial charge in [0.1, 0.15) is 23.9 Å². The molecule has 1 atom stereocenters. The molecule has 0 fully saturated rings. The van der Waals surface area contributed by atoms with Crippen molar-refractivity contribution in [2.24, 2.45) is 0 Å². The molecule has 4 aromatic rings. The van der Waals surface area contributed by atoms with Gasteiger partial charge in [0.25, 0.3) is 0 Å². The van der Waals surface area contributed by atoms with E-state index in [0.717, 1.165) is 0 Å². The van der Waals surface area contributed by atoms with Crippen LogP contribution >= 0.6 is 0 Å². The molecule has 1 N–H and O–H groups in total. The number of methoxy groups -OCH3 is 3. The van der Waals surface area contributed by atoms with Crippen molar-refractivity contribution in [3.63, 3.8) is 0 Å². The number of nitrogens with zero attached hydrogens (tertiary/aromatic N) is 4. The van der Waals surface area contributed by atoms with Crippen LogP contribution in [0.4, 0.5) is 5.69 Å². The van der Waals surface area contributed by atoms with Gasteiger partial charge < -0.3 is 19.5 Å². The lowest BCUT2D eigenvalue weighted by Gasteiger charge is -2.34. The molecule has 3 aromatic carbocycles. The fourth-order valence-electron chi connectivity index (χ4n) is 4.38. The topological polar surface area (TPSA) is 108 Å². The molecule has 0 spiro atoms. The fourth-order valence-corrected chi connectivity index (χ4v) is 4.38. The maximum absolute atomic E-state index is 14.2. The van der Waals surface area contributed by atoms with Gasteiger partial charge in [-0.25, -0.2) is 4.68 Å². The van der Waals surface area contributed by atoms with Crippen molar-refractivity contribution in [1.29, 1.82) is 0 Å². The summed E-state index contributed by atoms with van der Waals surface area (Å²) in [7, 11) is 4.59. The van der Waals surface area contributed by atoms with Gasteiger partial charge in [-0.05, 0) is 63.2 Å². The molecule has 1 aromatic heterocycles. The van der Waals surface area contributed by atoms with E-state index in [0.29, 0.717) is 39.5 Å². The second-order valence-corrected chi connectivity index (χ2v) is 9.92. The molecule has 0 aliphatic rings. The van der Waals surface area contributed by atoms with Crippen LogP contribution in [-0.4, -0.2) is 53.7 Å². The maximum atomic E-state index is 14.2. The smallest absolute Gasteiger partial charge is 0.249 e. The highest BCUT2D eigenvalue weighted by Gasteiger charge is 2.37. The first-order valence-electron chi connectivity index (χ1n) is 12.4. The Bertz CT molecular complexity index is 1460. The van der Waals surface area contributed by atoms with Gasteiger partial charge in [0.05, 0.1) is 26.8 Å². The highest BCUT2D eigenvalue weighted by molar-refractivity contribution is 6.02. The summed E-state index contributed by atoms with van der Waals surface area (Å²) in [4.78, 5) is 29.7. The van der Waals surface area contributed by atoms with E-state index in [1.807, 2.05) is 45.0 Å². The number of hydrogen-bond acceptors (Lipinski definition) is 7. The van der Waals surface area contributed by atoms with E-state index in [9.17, 15) is 9.59 Å². The summed E-state index contributed by atoms with van der Waals surface area (Å²) in [6, 6.07) is 18.5. The van der Waals surface area contributed by atoms with E-state index in [4.69, 9.17) is 14.2 Å². The molecule has 1 unspecified atom stereocenters. The van der Waals surface area contributed by atoms with E-state index in [1.165, 1.54) is 23.8 Å². The third-order valence-corrected chi connectivity index (χ3v) is 6.06. The molecule has 4 rings (SSSR count). The largest absolute Gasteiger partial charge is 0.497 e. The lowest BCUT2D eigenvalue weighted by Crippen LogP contribution is -2.50. The number of benzene rings is 3. The normalized spacial score (nSPS) is 12.1. The van der Waals surface area contributed by atoms with E-state index < -0.39 is 11.6 Å². The molecule has 0 saturated heterocycles. The minimum atomic E-state index is -1.11. The quantitative estimate of drug-likeness (QED) is 0.346. The zero-order valence-electron chi connectivity index (χ0n) is 23.0. The molecule has 10 heteroatoms. The Hall–Kier alpha value is -4.60. The number of amides is 2. The monoisotopic (exact) mass is 531 g/mol. The molecule has 0 aliphatic carbocycles. The number of aromatic nitrogens is 3. The van der Waals surface area contributed by atoms with Crippen LogP contribution < -0.4 is 24.4 Å². The summed E-state index contributed by atoms with van der Waals surface area (Å²) in [5.74, 6) is 0.638. The van der Waals surface area contributed by atoms with Gasteiger partial charge in [-0.3, -0.25) is 14.5 Å². The Balaban J connectivity index is 1.90. The summed E-state index contributed by atoms with van der Waals surface area (Å²) >= 11 is 0. The Morgan fingerprint density at radius 3 is 2.28 bits per heavy atom. The Morgan fingerprint density at radius 1 is 0.923 bits per heavy atom. The molecular formula is C29H33N5O5. The van der Waals surface area contributed by atoms with E-state index >= 15 is 0 Å². The highest BCUT2D eigenvalue weighted by Crippen LogP contribution is 2.39. The number of hydrogen-bond donors (Lipinski definition) is 1. The molecule has 0 radical (unpaired) electrons. The summed E-state index contributed by atoms with van der Waals surface area (Å²) in [6.45, 7) is 5.49. The standard InChI is InChI=1S/C29H33N5O5/c1-29(2,3)30-28(36)26(21-10-9-13-24(38-5)27(21)39-6)34(19-14-16-20(37-4)17-15-19)25(35)18-33-23-12-8-7-11-22(23)31-32-33/h7-17,26H,18H2,1-6H3,(H,30,36). The van der Waals surface area contributed by atoms with E-state index in [1.54, 1.807) is 49.6 Å².